The van der Waals surface area contributed by atoms with Crippen molar-refractivity contribution >= 4 is 5.78 Å². The molecule has 1 aliphatic rings. The van der Waals surface area contributed by atoms with Crippen molar-refractivity contribution in [1.82, 2.24) is 9.78 Å². The number of ketones is 1. The Bertz CT molecular complexity index is 641. The molecule has 0 atom stereocenters. The van der Waals surface area contributed by atoms with Crippen LogP contribution in [0.4, 0.5) is 0 Å². The van der Waals surface area contributed by atoms with Crippen LogP contribution in [0, 0.1) is 0 Å². The van der Waals surface area contributed by atoms with Crippen LogP contribution in [-0.4, -0.2) is 20.7 Å². The Hall–Kier alpha value is -2.10. The summed E-state index contributed by atoms with van der Waals surface area (Å²) in [6, 6.07) is 6.44. The fourth-order valence-electron chi connectivity index (χ4n) is 2.81. The summed E-state index contributed by atoms with van der Waals surface area (Å²) in [6.45, 7) is 2.94. The highest BCUT2D eigenvalue weighted by molar-refractivity contribution is 6.10. The largest absolute Gasteiger partial charge is 0.508 e. The average Bonchev–Trinajstić information content (AvgIpc) is 2.85. The van der Waals surface area contributed by atoms with Gasteiger partial charge in [-0.1, -0.05) is 6.92 Å². The molecule has 0 amide bonds. The SMILES string of the molecule is CCc1nn2c(c1C(=O)c1ccc(O)cc1)CCCC2. The van der Waals surface area contributed by atoms with Crippen molar-refractivity contribution in [2.75, 3.05) is 0 Å². The molecule has 0 saturated carbocycles. The molecule has 0 fully saturated rings. The van der Waals surface area contributed by atoms with Crippen LogP contribution < -0.4 is 0 Å². The van der Waals surface area contributed by atoms with Crippen LogP contribution in [-0.2, 0) is 19.4 Å². The van der Waals surface area contributed by atoms with Crippen molar-refractivity contribution in [3.05, 3.63) is 46.8 Å². The van der Waals surface area contributed by atoms with Crippen molar-refractivity contribution in [1.29, 1.82) is 0 Å². The van der Waals surface area contributed by atoms with E-state index in [4.69, 9.17) is 0 Å². The molecule has 20 heavy (non-hydrogen) atoms. The molecular formula is C16H18N2O2. The molecule has 2 heterocycles. The topological polar surface area (TPSA) is 55.1 Å². The number of carbonyl (C=O) groups excluding carboxylic acids is 1. The molecule has 4 nitrogen and oxygen atoms in total. The lowest BCUT2D eigenvalue weighted by Gasteiger charge is -2.14. The van der Waals surface area contributed by atoms with Gasteiger partial charge in [0.2, 0.25) is 0 Å². The Morgan fingerprint density at radius 1 is 1.30 bits per heavy atom. The minimum absolute atomic E-state index is 0.0185. The minimum Gasteiger partial charge on any atom is -0.508 e. The van der Waals surface area contributed by atoms with Crippen molar-refractivity contribution in [3.8, 4) is 5.75 Å². The number of rotatable bonds is 3. The van der Waals surface area contributed by atoms with Gasteiger partial charge < -0.3 is 5.11 Å². The molecule has 0 aliphatic carbocycles. The summed E-state index contributed by atoms with van der Waals surface area (Å²) in [6.07, 6.45) is 3.93. The number of fused-ring (bicyclic) bond motifs is 1. The average molecular weight is 270 g/mol. The molecule has 3 rings (SSSR count). The van der Waals surface area contributed by atoms with Gasteiger partial charge in [-0.2, -0.15) is 5.10 Å². The third kappa shape index (κ3) is 2.11. The van der Waals surface area contributed by atoms with Gasteiger partial charge in [-0.15, -0.1) is 0 Å². The van der Waals surface area contributed by atoms with Crippen molar-refractivity contribution < 1.29 is 9.90 Å². The van der Waals surface area contributed by atoms with Crippen molar-refractivity contribution in [2.45, 2.75) is 39.2 Å². The molecular weight excluding hydrogens is 252 g/mol. The maximum atomic E-state index is 12.7. The molecule has 4 heteroatoms. The highest BCUT2D eigenvalue weighted by Crippen LogP contribution is 2.25. The number of aromatic nitrogens is 2. The molecule has 0 radical (unpaired) electrons. The van der Waals surface area contributed by atoms with E-state index in [1.165, 1.54) is 0 Å². The monoisotopic (exact) mass is 270 g/mol. The third-order valence-electron chi connectivity index (χ3n) is 3.86. The minimum atomic E-state index is 0.0185. The van der Waals surface area contributed by atoms with E-state index in [-0.39, 0.29) is 11.5 Å². The number of phenols is 1. The summed E-state index contributed by atoms with van der Waals surface area (Å²) >= 11 is 0. The first-order chi connectivity index (χ1) is 9.70. The van der Waals surface area contributed by atoms with Crippen molar-refractivity contribution in [3.63, 3.8) is 0 Å². The van der Waals surface area contributed by atoms with Gasteiger partial charge in [0, 0.05) is 17.8 Å². The van der Waals surface area contributed by atoms with Gasteiger partial charge in [0.05, 0.1) is 11.3 Å². The van der Waals surface area contributed by atoms with Gasteiger partial charge in [0.15, 0.2) is 5.78 Å². The number of hydrogen-bond acceptors (Lipinski definition) is 3. The predicted molar refractivity (Wildman–Crippen MR) is 76.1 cm³/mol. The van der Waals surface area contributed by atoms with E-state index in [1.54, 1.807) is 24.3 Å². The zero-order valence-corrected chi connectivity index (χ0v) is 11.6. The Labute approximate surface area is 118 Å². The lowest BCUT2D eigenvalue weighted by atomic mass is 9.96. The van der Waals surface area contributed by atoms with Crippen LogP contribution in [0.1, 0.15) is 47.1 Å². The molecule has 2 aromatic rings. The van der Waals surface area contributed by atoms with Gasteiger partial charge in [0.25, 0.3) is 0 Å². The first-order valence-electron chi connectivity index (χ1n) is 7.13. The van der Waals surface area contributed by atoms with E-state index in [1.807, 2.05) is 11.6 Å². The molecule has 1 aliphatic heterocycles. The summed E-state index contributed by atoms with van der Waals surface area (Å²) in [7, 11) is 0. The van der Waals surface area contributed by atoms with E-state index in [0.29, 0.717) is 5.56 Å². The first kappa shape index (κ1) is 12.9. The van der Waals surface area contributed by atoms with Gasteiger partial charge in [-0.3, -0.25) is 9.48 Å². The predicted octanol–water partition coefficient (Wildman–Crippen LogP) is 2.72. The van der Waals surface area contributed by atoms with Crippen LogP contribution >= 0.6 is 0 Å². The normalized spacial score (nSPS) is 14.1. The summed E-state index contributed by atoms with van der Waals surface area (Å²) in [5, 5.41) is 13.9. The zero-order chi connectivity index (χ0) is 14.1. The van der Waals surface area contributed by atoms with Gasteiger partial charge >= 0.3 is 0 Å². The summed E-state index contributed by atoms with van der Waals surface area (Å²) in [5.74, 6) is 0.194. The standard InChI is InChI=1S/C16H18N2O2/c1-2-13-15(14-5-3-4-10-18(14)17-13)16(20)11-6-8-12(19)9-7-11/h6-9,19H,2-5,10H2,1H3. The Kier molecular flexibility index (Phi) is 3.30. The number of phenolic OH excluding ortho intramolecular Hbond substituents is 1. The van der Waals surface area contributed by atoms with Gasteiger partial charge in [-0.05, 0) is 49.9 Å². The maximum Gasteiger partial charge on any atom is 0.196 e. The van der Waals surface area contributed by atoms with Crippen LogP contribution in [0.3, 0.4) is 0 Å². The maximum absolute atomic E-state index is 12.7. The van der Waals surface area contributed by atoms with Crippen molar-refractivity contribution in [2.24, 2.45) is 0 Å². The van der Waals surface area contributed by atoms with Crippen LogP contribution in [0.15, 0.2) is 24.3 Å². The third-order valence-corrected chi connectivity index (χ3v) is 3.86. The second kappa shape index (κ2) is 5.12. The van der Waals surface area contributed by atoms with E-state index < -0.39 is 0 Å². The highest BCUT2D eigenvalue weighted by atomic mass is 16.3. The van der Waals surface area contributed by atoms with Crippen LogP contribution in [0.2, 0.25) is 0 Å². The molecule has 0 bridgehead atoms. The highest BCUT2D eigenvalue weighted by Gasteiger charge is 2.25. The zero-order valence-electron chi connectivity index (χ0n) is 11.6. The van der Waals surface area contributed by atoms with E-state index in [0.717, 1.165) is 49.2 Å². The molecule has 1 aromatic carbocycles. The van der Waals surface area contributed by atoms with Gasteiger partial charge in [0.1, 0.15) is 5.75 Å². The number of nitrogens with zero attached hydrogens (tertiary/aromatic N) is 2. The van der Waals surface area contributed by atoms with Crippen LogP contribution in [0.5, 0.6) is 5.75 Å². The number of aromatic hydroxyl groups is 1. The number of carbonyl (C=O) groups is 1. The fourth-order valence-corrected chi connectivity index (χ4v) is 2.81. The van der Waals surface area contributed by atoms with Gasteiger partial charge in [-0.25, -0.2) is 0 Å². The first-order valence-corrected chi connectivity index (χ1v) is 7.13. The van der Waals surface area contributed by atoms with E-state index in [2.05, 4.69) is 5.10 Å². The molecule has 0 spiro atoms. The lowest BCUT2D eigenvalue weighted by Crippen LogP contribution is -2.14. The summed E-state index contributed by atoms with van der Waals surface area (Å²) < 4.78 is 2.00. The Balaban J connectivity index is 2.06. The second-order valence-corrected chi connectivity index (χ2v) is 5.18. The Morgan fingerprint density at radius 3 is 2.75 bits per heavy atom. The molecule has 104 valence electrons. The quantitative estimate of drug-likeness (QED) is 0.872. The summed E-state index contributed by atoms with van der Waals surface area (Å²) in [4.78, 5) is 12.7. The number of hydrogen-bond donors (Lipinski definition) is 1. The van der Waals surface area contributed by atoms with Crippen LogP contribution in [0.25, 0.3) is 0 Å². The molecule has 0 unspecified atom stereocenters. The Morgan fingerprint density at radius 2 is 2.05 bits per heavy atom. The molecule has 0 saturated heterocycles. The number of aryl methyl sites for hydroxylation is 2. The molecule has 1 aromatic heterocycles. The lowest BCUT2D eigenvalue weighted by molar-refractivity contribution is 0.103. The number of benzene rings is 1. The summed E-state index contributed by atoms with van der Waals surface area (Å²) in [5.41, 5.74) is 3.35. The van der Waals surface area contributed by atoms with E-state index in [9.17, 15) is 9.90 Å². The second-order valence-electron chi connectivity index (χ2n) is 5.18. The van der Waals surface area contributed by atoms with E-state index >= 15 is 0 Å². The molecule has 1 N–H and O–H groups in total. The fraction of sp³-hybridized carbons (Fsp3) is 0.375. The smallest absolute Gasteiger partial charge is 0.196 e.